The highest BCUT2D eigenvalue weighted by atomic mass is 19.1. The molecule has 27 heavy (non-hydrogen) atoms. The highest BCUT2D eigenvalue weighted by Crippen LogP contribution is 2.15. The van der Waals surface area contributed by atoms with E-state index in [0.717, 1.165) is 28.1 Å². The van der Waals surface area contributed by atoms with E-state index in [1.54, 1.807) is 19.2 Å². The highest BCUT2D eigenvalue weighted by molar-refractivity contribution is 5.95. The number of nitrogens with one attached hydrogen (secondary N) is 2. The average molecular weight is 372 g/mol. The van der Waals surface area contributed by atoms with Crippen molar-refractivity contribution in [2.75, 3.05) is 32.5 Å². The lowest BCUT2D eigenvalue weighted by atomic mass is 10.1. The van der Waals surface area contributed by atoms with Crippen LogP contribution in [-0.4, -0.2) is 43.9 Å². The number of carbonyl (C=O) groups excluding carboxylic acids is 2. The fourth-order valence-electron chi connectivity index (χ4n) is 2.85. The number of hydrogen-bond donors (Lipinski definition) is 2. The molecule has 0 aliphatic carbocycles. The number of aryl methyl sites for hydroxylation is 1. The summed E-state index contributed by atoms with van der Waals surface area (Å²) in [5.41, 5.74) is 2.80. The summed E-state index contributed by atoms with van der Waals surface area (Å²) in [5, 5.41) is 2.87. The van der Waals surface area contributed by atoms with E-state index in [0.29, 0.717) is 6.54 Å². The summed E-state index contributed by atoms with van der Waals surface area (Å²) in [7, 11) is 3.52. The molecule has 1 atom stereocenters. The number of para-hydroxylation sites is 1. The first-order valence-corrected chi connectivity index (χ1v) is 9.06. The van der Waals surface area contributed by atoms with Gasteiger partial charge in [0.2, 0.25) is 5.91 Å². The maximum Gasteiger partial charge on any atom is 0.277 e. The average Bonchev–Trinajstić information content (AvgIpc) is 2.63. The SMILES string of the molecule is CCc1ccccc1NC(=O)CN(C)C(=O)C[NH+](C)Cc1ccc(F)cc1. The van der Waals surface area contributed by atoms with Gasteiger partial charge in [-0.1, -0.05) is 37.3 Å². The van der Waals surface area contributed by atoms with E-state index in [1.807, 2.05) is 38.2 Å². The minimum atomic E-state index is -0.275. The van der Waals surface area contributed by atoms with Gasteiger partial charge < -0.3 is 15.1 Å². The Morgan fingerprint density at radius 1 is 1.11 bits per heavy atom. The van der Waals surface area contributed by atoms with Crippen LogP contribution in [-0.2, 0) is 22.6 Å². The summed E-state index contributed by atoms with van der Waals surface area (Å²) in [6, 6.07) is 13.9. The monoisotopic (exact) mass is 372 g/mol. The summed E-state index contributed by atoms with van der Waals surface area (Å²) < 4.78 is 13.0. The predicted molar refractivity (Wildman–Crippen MR) is 104 cm³/mol. The first-order chi connectivity index (χ1) is 12.9. The molecule has 0 radical (unpaired) electrons. The summed E-state index contributed by atoms with van der Waals surface area (Å²) in [4.78, 5) is 27.0. The van der Waals surface area contributed by atoms with Crippen LogP contribution >= 0.6 is 0 Å². The molecule has 2 amide bonds. The number of quaternary nitrogens is 1. The van der Waals surface area contributed by atoms with Gasteiger partial charge in [-0.25, -0.2) is 4.39 Å². The Balaban J connectivity index is 1.83. The molecule has 2 aromatic carbocycles. The number of carbonyl (C=O) groups is 2. The van der Waals surface area contributed by atoms with Crippen molar-refractivity contribution in [2.45, 2.75) is 19.9 Å². The van der Waals surface area contributed by atoms with E-state index < -0.39 is 0 Å². The number of amides is 2. The molecular formula is C21H27FN3O2+. The second-order valence-corrected chi connectivity index (χ2v) is 6.75. The number of anilines is 1. The second kappa shape index (κ2) is 9.83. The number of nitrogens with zero attached hydrogens (tertiary/aromatic N) is 1. The summed E-state index contributed by atoms with van der Waals surface area (Å²) in [6.45, 7) is 2.89. The van der Waals surface area contributed by atoms with Gasteiger partial charge in [0.1, 0.15) is 12.4 Å². The van der Waals surface area contributed by atoms with E-state index >= 15 is 0 Å². The van der Waals surface area contributed by atoms with Gasteiger partial charge in [-0.05, 0) is 30.2 Å². The summed E-state index contributed by atoms with van der Waals surface area (Å²) in [6.07, 6.45) is 0.822. The molecule has 0 fully saturated rings. The van der Waals surface area contributed by atoms with Gasteiger partial charge in [0.05, 0.1) is 13.6 Å². The number of rotatable bonds is 8. The van der Waals surface area contributed by atoms with Crippen LogP contribution in [0.1, 0.15) is 18.1 Å². The molecule has 2 aromatic rings. The number of hydrogen-bond acceptors (Lipinski definition) is 2. The Kier molecular flexibility index (Phi) is 7.49. The number of benzene rings is 2. The molecule has 144 valence electrons. The third-order valence-corrected chi connectivity index (χ3v) is 4.35. The number of halogens is 1. The van der Waals surface area contributed by atoms with E-state index in [-0.39, 0.29) is 30.7 Å². The maximum atomic E-state index is 13.0. The minimum Gasteiger partial charge on any atom is -0.332 e. The smallest absolute Gasteiger partial charge is 0.277 e. The van der Waals surface area contributed by atoms with Crippen LogP contribution in [0.4, 0.5) is 10.1 Å². The highest BCUT2D eigenvalue weighted by Gasteiger charge is 2.18. The van der Waals surface area contributed by atoms with Crippen LogP contribution < -0.4 is 10.2 Å². The van der Waals surface area contributed by atoms with Crippen molar-refractivity contribution in [2.24, 2.45) is 0 Å². The molecule has 1 unspecified atom stereocenters. The first kappa shape index (κ1) is 20.6. The molecule has 0 aliphatic heterocycles. The fraction of sp³-hybridized carbons (Fsp3) is 0.333. The molecule has 0 spiro atoms. The predicted octanol–water partition coefficient (Wildman–Crippen LogP) is 1.50. The molecule has 0 aromatic heterocycles. The van der Waals surface area contributed by atoms with Gasteiger partial charge in [-0.3, -0.25) is 9.59 Å². The quantitative estimate of drug-likeness (QED) is 0.738. The van der Waals surface area contributed by atoms with Crippen LogP contribution in [0.2, 0.25) is 0 Å². The van der Waals surface area contributed by atoms with E-state index in [4.69, 9.17) is 0 Å². The molecule has 2 N–H and O–H groups in total. The molecule has 5 nitrogen and oxygen atoms in total. The van der Waals surface area contributed by atoms with Gasteiger partial charge in [-0.2, -0.15) is 0 Å². The molecule has 0 saturated carbocycles. The lowest BCUT2D eigenvalue weighted by molar-refractivity contribution is -0.885. The minimum absolute atomic E-state index is 0.000704. The lowest BCUT2D eigenvalue weighted by Crippen LogP contribution is -3.08. The molecule has 0 saturated heterocycles. The largest absolute Gasteiger partial charge is 0.332 e. The zero-order valence-electron chi connectivity index (χ0n) is 16.1. The van der Waals surface area contributed by atoms with Crippen molar-refractivity contribution in [3.05, 3.63) is 65.5 Å². The van der Waals surface area contributed by atoms with E-state index in [9.17, 15) is 14.0 Å². The zero-order valence-corrected chi connectivity index (χ0v) is 16.1. The Hall–Kier alpha value is -2.73. The summed E-state index contributed by atoms with van der Waals surface area (Å²) in [5.74, 6) is -0.612. The standard InChI is InChI=1S/C21H26FN3O2/c1-4-17-7-5-6-8-19(17)23-20(26)14-25(3)21(27)15-24(2)13-16-9-11-18(22)12-10-16/h5-12H,4,13-15H2,1-3H3,(H,23,26)/p+1. The van der Waals surface area contributed by atoms with Crippen molar-refractivity contribution < 1.29 is 18.9 Å². The molecule has 0 aliphatic rings. The molecular weight excluding hydrogens is 345 g/mol. The van der Waals surface area contributed by atoms with Gasteiger partial charge in [0.25, 0.3) is 5.91 Å². The van der Waals surface area contributed by atoms with Crippen LogP contribution in [0, 0.1) is 5.82 Å². The maximum absolute atomic E-state index is 13.0. The van der Waals surface area contributed by atoms with Crippen molar-refractivity contribution in [1.29, 1.82) is 0 Å². The summed E-state index contributed by atoms with van der Waals surface area (Å²) >= 11 is 0. The van der Waals surface area contributed by atoms with Crippen LogP contribution in [0.15, 0.2) is 48.5 Å². The molecule has 2 rings (SSSR count). The molecule has 0 heterocycles. The van der Waals surface area contributed by atoms with E-state index in [2.05, 4.69) is 5.32 Å². The third kappa shape index (κ3) is 6.49. The fourth-order valence-corrected chi connectivity index (χ4v) is 2.85. The Morgan fingerprint density at radius 3 is 2.44 bits per heavy atom. The Labute approximate surface area is 159 Å². The Morgan fingerprint density at radius 2 is 1.78 bits per heavy atom. The van der Waals surface area contributed by atoms with Crippen molar-refractivity contribution in [3.8, 4) is 0 Å². The van der Waals surface area contributed by atoms with Gasteiger partial charge in [0.15, 0.2) is 6.54 Å². The van der Waals surface area contributed by atoms with Crippen LogP contribution in [0.5, 0.6) is 0 Å². The zero-order chi connectivity index (χ0) is 19.8. The topological polar surface area (TPSA) is 53.9 Å². The van der Waals surface area contributed by atoms with Crippen molar-refractivity contribution >= 4 is 17.5 Å². The number of likely N-dealkylation sites (N-methyl/N-ethyl adjacent to an activating group) is 2. The van der Waals surface area contributed by atoms with Crippen molar-refractivity contribution in [1.82, 2.24) is 4.90 Å². The first-order valence-electron chi connectivity index (χ1n) is 9.06. The third-order valence-electron chi connectivity index (χ3n) is 4.35. The van der Waals surface area contributed by atoms with Crippen molar-refractivity contribution in [3.63, 3.8) is 0 Å². The van der Waals surface area contributed by atoms with Gasteiger partial charge >= 0.3 is 0 Å². The second-order valence-electron chi connectivity index (χ2n) is 6.75. The van der Waals surface area contributed by atoms with Gasteiger partial charge in [-0.15, -0.1) is 0 Å². The normalized spacial score (nSPS) is 11.7. The van der Waals surface area contributed by atoms with Crippen LogP contribution in [0.3, 0.4) is 0 Å². The van der Waals surface area contributed by atoms with Gasteiger partial charge in [0, 0.05) is 18.3 Å². The molecule has 0 bridgehead atoms. The lowest BCUT2D eigenvalue weighted by Gasteiger charge is -2.20. The Bertz CT molecular complexity index is 777. The van der Waals surface area contributed by atoms with Crippen LogP contribution in [0.25, 0.3) is 0 Å². The molecule has 6 heteroatoms. The van der Waals surface area contributed by atoms with E-state index in [1.165, 1.54) is 17.0 Å².